The molecule has 20 heavy (non-hydrogen) atoms. The minimum atomic E-state index is -3.21. The number of hydrogen-bond donors (Lipinski definition) is 2. The van der Waals surface area contributed by atoms with Crippen LogP contribution in [0.4, 0.5) is 4.79 Å². The van der Waals surface area contributed by atoms with Crippen molar-refractivity contribution < 1.29 is 17.9 Å². The molecule has 0 bridgehead atoms. The maximum atomic E-state index is 11.9. The Hall–Kier alpha value is -0.820. The van der Waals surface area contributed by atoms with E-state index in [1.54, 1.807) is 6.92 Å². The average Bonchev–Trinajstić information content (AvgIpc) is 2.26. The highest BCUT2D eigenvalue weighted by molar-refractivity contribution is 7.90. The molecule has 7 heteroatoms. The van der Waals surface area contributed by atoms with Crippen molar-refractivity contribution in [3.05, 3.63) is 0 Å². The van der Waals surface area contributed by atoms with Crippen molar-refractivity contribution in [2.75, 3.05) is 6.54 Å². The second-order valence-electron chi connectivity index (χ2n) is 6.16. The molecule has 2 N–H and O–H groups in total. The van der Waals surface area contributed by atoms with E-state index in [1.165, 1.54) is 0 Å². The van der Waals surface area contributed by atoms with Crippen molar-refractivity contribution in [3.63, 3.8) is 0 Å². The third-order valence-corrected chi connectivity index (χ3v) is 5.22. The normalized spacial score (nSPS) is 24.2. The van der Waals surface area contributed by atoms with E-state index in [1.807, 2.05) is 20.8 Å². The Kier molecular flexibility index (Phi) is 5.82. The van der Waals surface area contributed by atoms with Crippen LogP contribution in [0.2, 0.25) is 0 Å². The summed E-state index contributed by atoms with van der Waals surface area (Å²) in [6.45, 7) is 7.62. The van der Waals surface area contributed by atoms with Crippen LogP contribution in [0.25, 0.3) is 0 Å². The standard InChI is InChI=1S/C13H26N2O4S/c1-5-14-20(17,18)11-8-6-10(7-9-11)15-12(16)19-13(2,3)4/h10-11,14H,5-9H2,1-4H3,(H,15,16). The van der Waals surface area contributed by atoms with Gasteiger partial charge in [0.25, 0.3) is 0 Å². The van der Waals surface area contributed by atoms with Gasteiger partial charge in [-0.15, -0.1) is 0 Å². The third kappa shape index (κ3) is 5.66. The third-order valence-electron chi connectivity index (χ3n) is 3.18. The van der Waals surface area contributed by atoms with Crippen LogP contribution in [0.1, 0.15) is 53.4 Å². The number of hydrogen-bond acceptors (Lipinski definition) is 4. The van der Waals surface area contributed by atoms with Crippen molar-refractivity contribution in [1.29, 1.82) is 0 Å². The van der Waals surface area contributed by atoms with Gasteiger partial charge in [0, 0.05) is 12.6 Å². The van der Waals surface area contributed by atoms with Crippen molar-refractivity contribution in [3.8, 4) is 0 Å². The van der Waals surface area contributed by atoms with Crippen molar-refractivity contribution in [1.82, 2.24) is 10.0 Å². The fourth-order valence-corrected chi connectivity index (χ4v) is 3.84. The highest BCUT2D eigenvalue weighted by Crippen LogP contribution is 2.24. The lowest BCUT2D eigenvalue weighted by Gasteiger charge is -2.29. The molecule has 0 aromatic heterocycles. The number of carbonyl (C=O) groups is 1. The predicted octanol–water partition coefficient (Wildman–Crippen LogP) is 1.76. The first-order valence-electron chi connectivity index (χ1n) is 7.12. The molecule has 1 saturated carbocycles. The van der Waals surface area contributed by atoms with Crippen LogP contribution < -0.4 is 10.0 Å². The van der Waals surface area contributed by atoms with E-state index >= 15 is 0 Å². The van der Waals surface area contributed by atoms with Gasteiger partial charge in [0.15, 0.2) is 0 Å². The molecule has 0 aliphatic heterocycles. The summed E-state index contributed by atoms with van der Waals surface area (Å²) >= 11 is 0. The van der Waals surface area contributed by atoms with E-state index in [2.05, 4.69) is 10.0 Å². The summed E-state index contributed by atoms with van der Waals surface area (Å²) in [5.74, 6) is 0. The first-order chi connectivity index (χ1) is 9.14. The zero-order chi connectivity index (χ0) is 15.4. The minimum absolute atomic E-state index is 0.00192. The largest absolute Gasteiger partial charge is 0.444 e. The SMILES string of the molecule is CCNS(=O)(=O)C1CCC(NC(=O)OC(C)(C)C)CC1. The molecule has 0 aromatic rings. The fourth-order valence-electron chi connectivity index (χ4n) is 2.31. The van der Waals surface area contributed by atoms with E-state index in [0.29, 0.717) is 32.2 Å². The Labute approximate surface area is 121 Å². The minimum Gasteiger partial charge on any atom is -0.444 e. The second kappa shape index (κ2) is 6.76. The quantitative estimate of drug-likeness (QED) is 0.829. The average molecular weight is 306 g/mol. The number of nitrogens with one attached hydrogen (secondary N) is 2. The summed E-state index contributed by atoms with van der Waals surface area (Å²) in [6.07, 6.45) is 2.02. The summed E-state index contributed by atoms with van der Waals surface area (Å²) in [4.78, 5) is 11.6. The van der Waals surface area contributed by atoms with E-state index in [9.17, 15) is 13.2 Å². The van der Waals surface area contributed by atoms with Crippen LogP contribution in [-0.4, -0.2) is 37.9 Å². The summed E-state index contributed by atoms with van der Waals surface area (Å²) in [5, 5.41) is 2.45. The van der Waals surface area contributed by atoms with Crippen LogP contribution in [0, 0.1) is 0 Å². The van der Waals surface area contributed by atoms with E-state index in [0.717, 1.165) is 0 Å². The Balaban J connectivity index is 2.41. The first-order valence-corrected chi connectivity index (χ1v) is 8.66. The molecular formula is C13H26N2O4S. The topological polar surface area (TPSA) is 84.5 Å². The summed E-state index contributed by atoms with van der Waals surface area (Å²) in [6, 6.07) is -0.00192. The molecule has 1 aliphatic carbocycles. The van der Waals surface area contributed by atoms with Crippen LogP contribution >= 0.6 is 0 Å². The van der Waals surface area contributed by atoms with Gasteiger partial charge in [-0.05, 0) is 46.5 Å². The Morgan fingerprint density at radius 3 is 2.20 bits per heavy atom. The molecule has 0 spiro atoms. The number of amides is 1. The number of rotatable bonds is 4. The van der Waals surface area contributed by atoms with Gasteiger partial charge in [-0.2, -0.15) is 0 Å². The van der Waals surface area contributed by atoms with Gasteiger partial charge in [0.05, 0.1) is 5.25 Å². The van der Waals surface area contributed by atoms with Crippen molar-refractivity contribution >= 4 is 16.1 Å². The van der Waals surface area contributed by atoms with E-state index in [-0.39, 0.29) is 11.3 Å². The highest BCUT2D eigenvalue weighted by atomic mass is 32.2. The first kappa shape index (κ1) is 17.2. The molecule has 1 aliphatic rings. The molecular weight excluding hydrogens is 280 g/mol. The smallest absolute Gasteiger partial charge is 0.407 e. The summed E-state index contributed by atoms with van der Waals surface area (Å²) < 4.78 is 31.5. The number of carbonyl (C=O) groups excluding carboxylic acids is 1. The molecule has 6 nitrogen and oxygen atoms in total. The zero-order valence-electron chi connectivity index (χ0n) is 12.7. The van der Waals surface area contributed by atoms with Crippen LogP contribution in [-0.2, 0) is 14.8 Å². The van der Waals surface area contributed by atoms with Gasteiger partial charge in [0.1, 0.15) is 5.60 Å². The van der Waals surface area contributed by atoms with E-state index in [4.69, 9.17) is 4.74 Å². The lowest BCUT2D eigenvalue weighted by Crippen LogP contribution is -2.44. The molecule has 118 valence electrons. The lowest BCUT2D eigenvalue weighted by atomic mass is 9.95. The maximum Gasteiger partial charge on any atom is 0.407 e. The zero-order valence-corrected chi connectivity index (χ0v) is 13.5. The van der Waals surface area contributed by atoms with Gasteiger partial charge in [-0.25, -0.2) is 17.9 Å². The Morgan fingerprint density at radius 1 is 1.20 bits per heavy atom. The fraction of sp³-hybridized carbons (Fsp3) is 0.923. The second-order valence-corrected chi connectivity index (χ2v) is 8.21. The molecule has 0 aromatic carbocycles. The monoisotopic (exact) mass is 306 g/mol. The Morgan fingerprint density at radius 2 is 1.75 bits per heavy atom. The number of sulfonamides is 1. The molecule has 1 rings (SSSR count). The predicted molar refractivity (Wildman–Crippen MR) is 78.0 cm³/mol. The molecule has 0 heterocycles. The van der Waals surface area contributed by atoms with Crippen LogP contribution in [0.3, 0.4) is 0 Å². The van der Waals surface area contributed by atoms with Gasteiger partial charge >= 0.3 is 6.09 Å². The summed E-state index contributed by atoms with van der Waals surface area (Å²) in [5.41, 5.74) is -0.518. The molecule has 0 radical (unpaired) electrons. The highest BCUT2D eigenvalue weighted by Gasteiger charge is 2.31. The van der Waals surface area contributed by atoms with Crippen LogP contribution in [0.15, 0.2) is 0 Å². The molecule has 1 amide bonds. The van der Waals surface area contributed by atoms with Crippen molar-refractivity contribution in [2.45, 2.75) is 70.3 Å². The number of ether oxygens (including phenoxy) is 1. The molecule has 1 fully saturated rings. The number of alkyl carbamates (subject to hydrolysis) is 1. The maximum absolute atomic E-state index is 11.9. The van der Waals surface area contributed by atoms with Crippen LogP contribution in [0.5, 0.6) is 0 Å². The van der Waals surface area contributed by atoms with Gasteiger partial charge in [0.2, 0.25) is 10.0 Å². The van der Waals surface area contributed by atoms with Gasteiger partial charge in [-0.1, -0.05) is 6.92 Å². The molecule has 0 atom stereocenters. The lowest BCUT2D eigenvalue weighted by molar-refractivity contribution is 0.0493. The van der Waals surface area contributed by atoms with Crippen molar-refractivity contribution in [2.24, 2.45) is 0 Å². The Bertz CT molecular complexity index is 420. The van der Waals surface area contributed by atoms with Gasteiger partial charge in [-0.3, -0.25) is 0 Å². The van der Waals surface area contributed by atoms with Gasteiger partial charge < -0.3 is 10.1 Å². The molecule has 0 saturated heterocycles. The summed E-state index contributed by atoms with van der Waals surface area (Å²) in [7, 11) is -3.21. The van der Waals surface area contributed by atoms with E-state index < -0.39 is 21.7 Å². The molecule has 0 unspecified atom stereocenters.